The molecule has 0 aliphatic heterocycles. The van der Waals surface area contributed by atoms with Crippen molar-refractivity contribution in [2.75, 3.05) is 7.11 Å². The fraction of sp³-hybridized carbons (Fsp3) is 0.462. The number of carbonyl (C=O) groups is 1. The number of ether oxygens (including phenoxy) is 1. The lowest BCUT2D eigenvalue weighted by Crippen LogP contribution is -2.16. The molecule has 0 bridgehead atoms. The van der Waals surface area contributed by atoms with E-state index in [1.54, 1.807) is 7.11 Å². The van der Waals surface area contributed by atoms with Crippen molar-refractivity contribution < 1.29 is 14.6 Å². The van der Waals surface area contributed by atoms with Crippen LogP contribution in [0.4, 0.5) is 0 Å². The number of carboxylic acids is 1. The van der Waals surface area contributed by atoms with E-state index >= 15 is 0 Å². The minimum Gasteiger partial charge on any atom is -0.496 e. The van der Waals surface area contributed by atoms with E-state index in [-0.39, 0.29) is 18.4 Å². The first-order chi connectivity index (χ1) is 8.43. The smallest absolute Gasteiger partial charge is 0.303 e. The van der Waals surface area contributed by atoms with Gasteiger partial charge in [-0.25, -0.2) is 0 Å². The maximum atomic E-state index is 10.6. The summed E-state index contributed by atoms with van der Waals surface area (Å²) < 4.78 is 6.20. The molecule has 0 aliphatic carbocycles. The van der Waals surface area contributed by atoms with Gasteiger partial charge < -0.3 is 15.6 Å². The third kappa shape index (κ3) is 4.31. The summed E-state index contributed by atoms with van der Waals surface area (Å²) in [7, 11) is 1.60. The highest BCUT2D eigenvalue weighted by Gasteiger charge is 2.17. The minimum atomic E-state index is -0.795. The van der Waals surface area contributed by atoms with E-state index in [1.807, 2.05) is 25.1 Å². The largest absolute Gasteiger partial charge is 0.496 e. The number of nitrogens with two attached hydrogens (primary N) is 1. The van der Waals surface area contributed by atoms with Crippen LogP contribution in [-0.2, 0) is 4.79 Å². The Morgan fingerprint density at radius 2 is 2.22 bits per heavy atom. The van der Waals surface area contributed by atoms with Gasteiger partial charge in [-0.2, -0.15) is 0 Å². The predicted octanol–water partition coefficient (Wildman–Crippen LogP) is 2.96. The zero-order chi connectivity index (χ0) is 13.7. The predicted molar refractivity (Wildman–Crippen MR) is 73.7 cm³/mol. The van der Waals surface area contributed by atoms with Gasteiger partial charge in [0.1, 0.15) is 5.75 Å². The monoisotopic (exact) mass is 315 g/mol. The van der Waals surface area contributed by atoms with Gasteiger partial charge >= 0.3 is 5.97 Å². The highest BCUT2D eigenvalue weighted by Crippen LogP contribution is 2.31. The van der Waals surface area contributed by atoms with Crippen LogP contribution < -0.4 is 10.5 Å². The number of benzene rings is 1. The number of aliphatic carboxylic acids is 1. The third-order valence-electron chi connectivity index (χ3n) is 2.77. The van der Waals surface area contributed by atoms with Crippen LogP contribution in [0.2, 0.25) is 0 Å². The summed E-state index contributed by atoms with van der Waals surface area (Å²) in [5, 5.41) is 8.74. The van der Waals surface area contributed by atoms with Gasteiger partial charge in [0.2, 0.25) is 0 Å². The standard InChI is InChI=1S/C13H18BrNO3/c1-8(6-13(16)17)5-11(15)10-7-9(14)3-4-12(10)18-2/h3-4,7-8,11H,5-6,15H2,1-2H3,(H,16,17). The van der Waals surface area contributed by atoms with Crippen LogP contribution in [-0.4, -0.2) is 18.2 Å². The van der Waals surface area contributed by atoms with Gasteiger partial charge in [-0.05, 0) is 30.5 Å². The van der Waals surface area contributed by atoms with Gasteiger partial charge in [0.05, 0.1) is 7.11 Å². The molecule has 1 rings (SSSR count). The lowest BCUT2D eigenvalue weighted by atomic mass is 9.94. The van der Waals surface area contributed by atoms with Gasteiger partial charge in [0.15, 0.2) is 0 Å². The highest BCUT2D eigenvalue weighted by atomic mass is 79.9. The highest BCUT2D eigenvalue weighted by molar-refractivity contribution is 9.10. The molecule has 2 unspecified atom stereocenters. The van der Waals surface area contributed by atoms with Crippen LogP contribution in [0.5, 0.6) is 5.75 Å². The number of hydrogen-bond acceptors (Lipinski definition) is 3. The SMILES string of the molecule is COc1ccc(Br)cc1C(N)CC(C)CC(=O)O. The number of rotatable bonds is 6. The summed E-state index contributed by atoms with van der Waals surface area (Å²) in [6.45, 7) is 1.89. The fourth-order valence-corrected chi connectivity index (χ4v) is 2.32. The van der Waals surface area contributed by atoms with Crippen LogP contribution in [0, 0.1) is 5.92 Å². The Bertz CT molecular complexity index is 423. The summed E-state index contributed by atoms with van der Waals surface area (Å²) in [6, 6.07) is 5.42. The lowest BCUT2D eigenvalue weighted by molar-refractivity contribution is -0.138. The van der Waals surface area contributed by atoms with Crippen LogP contribution >= 0.6 is 15.9 Å². The van der Waals surface area contributed by atoms with Crippen molar-refractivity contribution in [1.82, 2.24) is 0 Å². The molecule has 2 atom stereocenters. The van der Waals surface area contributed by atoms with Crippen LogP contribution in [0.3, 0.4) is 0 Å². The van der Waals surface area contributed by atoms with Gasteiger partial charge in [0.25, 0.3) is 0 Å². The van der Waals surface area contributed by atoms with Gasteiger partial charge in [-0.15, -0.1) is 0 Å². The van der Waals surface area contributed by atoms with E-state index in [0.29, 0.717) is 6.42 Å². The zero-order valence-corrected chi connectivity index (χ0v) is 12.1. The molecule has 1 aromatic carbocycles. The number of methoxy groups -OCH3 is 1. The van der Waals surface area contributed by atoms with Crippen molar-refractivity contribution in [3.05, 3.63) is 28.2 Å². The Hall–Kier alpha value is -1.07. The van der Waals surface area contributed by atoms with E-state index in [9.17, 15) is 4.79 Å². The van der Waals surface area contributed by atoms with E-state index in [0.717, 1.165) is 15.8 Å². The molecule has 1 aromatic rings. The van der Waals surface area contributed by atoms with Crippen molar-refractivity contribution in [3.63, 3.8) is 0 Å². The van der Waals surface area contributed by atoms with Crippen molar-refractivity contribution >= 4 is 21.9 Å². The maximum absolute atomic E-state index is 10.6. The first-order valence-electron chi connectivity index (χ1n) is 5.74. The van der Waals surface area contributed by atoms with E-state index in [4.69, 9.17) is 15.6 Å². The molecular weight excluding hydrogens is 298 g/mol. The average Bonchev–Trinajstić information content (AvgIpc) is 2.27. The van der Waals surface area contributed by atoms with Gasteiger partial charge in [-0.1, -0.05) is 22.9 Å². The molecule has 4 nitrogen and oxygen atoms in total. The van der Waals surface area contributed by atoms with Crippen LogP contribution in [0.25, 0.3) is 0 Å². The van der Waals surface area contributed by atoms with Gasteiger partial charge in [-0.3, -0.25) is 4.79 Å². The van der Waals surface area contributed by atoms with Crippen molar-refractivity contribution in [1.29, 1.82) is 0 Å². The number of hydrogen-bond donors (Lipinski definition) is 2. The number of carboxylic acid groups (broad SMARTS) is 1. The normalized spacial score (nSPS) is 14.0. The first-order valence-corrected chi connectivity index (χ1v) is 6.54. The molecule has 0 heterocycles. The summed E-state index contributed by atoms with van der Waals surface area (Å²) >= 11 is 3.40. The summed E-state index contributed by atoms with van der Waals surface area (Å²) in [6.07, 6.45) is 0.739. The molecule has 0 spiro atoms. The molecule has 3 N–H and O–H groups in total. The second-order valence-electron chi connectivity index (χ2n) is 4.43. The molecule has 0 saturated heterocycles. The molecule has 0 aliphatic rings. The summed E-state index contributed by atoms with van der Waals surface area (Å²) in [5.74, 6) is -0.0367. The molecular formula is C13H18BrNO3. The van der Waals surface area contributed by atoms with Crippen LogP contribution in [0.1, 0.15) is 31.4 Å². The molecule has 0 saturated carbocycles. The molecule has 0 aromatic heterocycles. The fourth-order valence-electron chi connectivity index (χ4n) is 1.94. The average molecular weight is 316 g/mol. The Morgan fingerprint density at radius 1 is 1.56 bits per heavy atom. The van der Waals surface area contributed by atoms with Crippen LogP contribution in [0.15, 0.2) is 22.7 Å². The van der Waals surface area contributed by atoms with Crippen molar-refractivity contribution in [3.8, 4) is 5.75 Å². The molecule has 5 heteroatoms. The Labute approximate surface area is 115 Å². The third-order valence-corrected chi connectivity index (χ3v) is 3.26. The summed E-state index contributed by atoms with van der Waals surface area (Å²) in [4.78, 5) is 10.6. The first kappa shape index (κ1) is 15.0. The number of halogens is 1. The second-order valence-corrected chi connectivity index (χ2v) is 5.35. The minimum absolute atomic E-state index is 0.0289. The van der Waals surface area contributed by atoms with Crippen molar-refractivity contribution in [2.24, 2.45) is 11.7 Å². The Morgan fingerprint density at radius 3 is 2.78 bits per heavy atom. The van der Waals surface area contributed by atoms with E-state index in [2.05, 4.69) is 15.9 Å². The Balaban J connectivity index is 2.79. The van der Waals surface area contributed by atoms with E-state index < -0.39 is 5.97 Å². The Kier molecular flexibility index (Phi) is 5.62. The molecule has 0 fully saturated rings. The van der Waals surface area contributed by atoms with Gasteiger partial charge in [0, 0.05) is 22.5 Å². The van der Waals surface area contributed by atoms with E-state index in [1.165, 1.54) is 0 Å². The zero-order valence-electron chi connectivity index (χ0n) is 10.5. The summed E-state index contributed by atoms with van der Waals surface area (Å²) in [5.41, 5.74) is 7.02. The molecule has 100 valence electrons. The lowest BCUT2D eigenvalue weighted by Gasteiger charge is -2.19. The maximum Gasteiger partial charge on any atom is 0.303 e. The molecule has 0 amide bonds. The van der Waals surface area contributed by atoms with Crippen molar-refractivity contribution in [2.45, 2.75) is 25.8 Å². The molecule has 0 radical (unpaired) electrons. The topological polar surface area (TPSA) is 72.5 Å². The molecule has 18 heavy (non-hydrogen) atoms. The quantitative estimate of drug-likeness (QED) is 0.846. The second kappa shape index (κ2) is 6.75.